The van der Waals surface area contributed by atoms with E-state index in [1.165, 1.54) is 16.7 Å². The molecule has 0 saturated carbocycles. The minimum atomic E-state index is -0.0192. The van der Waals surface area contributed by atoms with E-state index in [4.69, 9.17) is 0 Å². The number of carbonyl (C=O) groups is 1. The first-order chi connectivity index (χ1) is 11.8. The molecule has 0 aliphatic carbocycles. The summed E-state index contributed by atoms with van der Waals surface area (Å²) in [4.78, 5) is 26.2. The van der Waals surface area contributed by atoms with Crippen molar-refractivity contribution in [3.63, 3.8) is 0 Å². The Kier molecular flexibility index (Phi) is 5.82. The maximum Gasteiger partial charge on any atom is 0.274 e. The van der Waals surface area contributed by atoms with Crippen LogP contribution in [0.1, 0.15) is 22.5 Å². The Labute approximate surface area is 147 Å². The van der Waals surface area contributed by atoms with E-state index in [1.54, 1.807) is 24.2 Å². The van der Waals surface area contributed by atoms with Gasteiger partial charge in [-0.05, 0) is 30.4 Å². The number of amides is 1. The lowest BCUT2D eigenvalue weighted by Crippen LogP contribution is -2.35. The summed E-state index contributed by atoms with van der Waals surface area (Å²) in [5, 5.41) is 0. The second-order valence-corrected chi connectivity index (χ2v) is 6.74. The Bertz CT molecular complexity index is 662. The molecule has 0 bridgehead atoms. The Morgan fingerprint density at radius 3 is 2.67 bits per heavy atom. The second-order valence-electron chi connectivity index (χ2n) is 5.86. The number of thioether (sulfide) groups is 1. The lowest BCUT2D eigenvalue weighted by atomic mass is 10.2. The first-order valence-electron chi connectivity index (χ1n) is 8.17. The van der Waals surface area contributed by atoms with Crippen molar-refractivity contribution in [2.24, 2.45) is 0 Å². The van der Waals surface area contributed by atoms with Crippen LogP contribution in [0.5, 0.6) is 0 Å². The van der Waals surface area contributed by atoms with Gasteiger partial charge in [-0.1, -0.05) is 12.1 Å². The molecule has 0 radical (unpaired) electrons. The third-order valence-corrected chi connectivity index (χ3v) is 4.97. The standard InChI is InChI=1S/C18H22N4OS/c1-24-16-5-3-15(4-6-16)14-21-9-2-10-22(12-11-21)18(23)17-13-19-7-8-20-17/h3-8,13H,2,9-12,14H2,1H3. The number of hydrogen-bond acceptors (Lipinski definition) is 5. The summed E-state index contributed by atoms with van der Waals surface area (Å²) < 4.78 is 0. The number of aromatic nitrogens is 2. The summed E-state index contributed by atoms with van der Waals surface area (Å²) in [6.07, 6.45) is 7.76. The zero-order valence-corrected chi connectivity index (χ0v) is 14.7. The van der Waals surface area contributed by atoms with Crippen LogP contribution in [0.2, 0.25) is 0 Å². The van der Waals surface area contributed by atoms with Crippen molar-refractivity contribution in [2.75, 3.05) is 32.4 Å². The maximum atomic E-state index is 12.5. The molecule has 126 valence electrons. The lowest BCUT2D eigenvalue weighted by Gasteiger charge is -2.21. The van der Waals surface area contributed by atoms with Crippen molar-refractivity contribution in [2.45, 2.75) is 17.9 Å². The fourth-order valence-electron chi connectivity index (χ4n) is 2.89. The largest absolute Gasteiger partial charge is 0.336 e. The van der Waals surface area contributed by atoms with Gasteiger partial charge in [-0.25, -0.2) is 4.98 Å². The van der Waals surface area contributed by atoms with Crippen LogP contribution in [0.25, 0.3) is 0 Å². The van der Waals surface area contributed by atoms with Gasteiger partial charge in [-0.15, -0.1) is 11.8 Å². The van der Waals surface area contributed by atoms with Gasteiger partial charge in [0.2, 0.25) is 0 Å². The predicted octanol–water partition coefficient (Wildman–Crippen LogP) is 2.55. The van der Waals surface area contributed by atoms with Gasteiger partial charge in [0.1, 0.15) is 5.69 Å². The fourth-order valence-corrected chi connectivity index (χ4v) is 3.30. The molecule has 3 rings (SSSR count). The van der Waals surface area contributed by atoms with Crippen molar-refractivity contribution >= 4 is 17.7 Å². The number of benzene rings is 1. The molecule has 0 N–H and O–H groups in total. The number of nitrogens with zero attached hydrogens (tertiary/aromatic N) is 4. The van der Waals surface area contributed by atoms with E-state index in [1.807, 2.05) is 4.90 Å². The molecule has 1 aromatic carbocycles. The highest BCUT2D eigenvalue weighted by atomic mass is 32.2. The summed E-state index contributed by atoms with van der Waals surface area (Å²) in [6.45, 7) is 4.34. The van der Waals surface area contributed by atoms with Gasteiger partial charge in [-0.3, -0.25) is 14.7 Å². The van der Waals surface area contributed by atoms with Gasteiger partial charge in [-0.2, -0.15) is 0 Å². The minimum Gasteiger partial charge on any atom is -0.336 e. The molecule has 24 heavy (non-hydrogen) atoms. The van der Waals surface area contributed by atoms with Crippen LogP contribution in [0.15, 0.2) is 47.8 Å². The van der Waals surface area contributed by atoms with Gasteiger partial charge in [0, 0.05) is 50.0 Å². The monoisotopic (exact) mass is 342 g/mol. The average molecular weight is 342 g/mol. The van der Waals surface area contributed by atoms with E-state index in [2.05, 4.69) is 45.4 Å². The molecule has 1 aromatic heterocycles. The Balaban J connectivity index is 1.57. The highest BCUT2D eigenvalue weighted by molar-refractivity contribution is 7.98. The Morgan fingerprint density at radius 2 is 1.96 bits per heavy atom. The normalized spacial score (nSPS) is 16.0. The molecule has 0 atom stereocenters. The van der Waals surface area contributed by atoms with E-state index in [9.17, 15) is 4.79 Å². The summed E-state index contributed by atoms with van der Waals surface area (Å²) in [5.41, 5.74) is 1.75. The van der Waals surface area contributed by atoms with Crippen molar-refractivity contribution in [3.8, 4) is 0 Å². The SMILES string of the molecule is CSc1ccc(CN2CCCN(C(=O)c3cnccn3)CC2)cc1. The zero-order chi connectivity index (χ0) is 16.8. The molecule has 1 amide bonds. The number of rotatable bonds is 4. The molecule has 2 aromatic rings. The first-order valence-corrected chi connectivity index (χ1v) is 9.39. The van der Waals surface area contributed by atoms with Crippen molar-refractivity contribution in [1.82, 2.24) is 19.8 Å². The van der Waals surface area contributed by atoms with Crippen LogP contribution in [-0.4, -0.2) is 58.1 Å². The lowest BCUT2D eigenvalue weighted by molar-refractivity contribution is 0.0754. The highest BCUT2D eigenvalue weighted by Crippen LogP contribution is 2.16. The third-order valence-electron chi connectivity index (χ3n) is 4.22. The van der Waals surface area contributed by atoms with Crippen molar-refractivity contribution < 1.29 is 4.79 Å². The first kappa shape index (κ1) is 16.9. The quantitative estimate of drug-likeness (QED) is 0.799. The molecule has 6 heteroatoms. The van der Waals surface area contributed by atoms with E-state index in [0.29, 0.717) is 5.69 Å². The van der Waals surface area contributed by atoms with Gasteiger partial charge in [0.15, 0.2) is 0 Å². The van der Waals surface area contributed by atoms with Crippen molar-refractivity contribution in [3.05, 3.63) is 54.1 Å². The van der Waals surface area contributed by atoms with Gasteiger partial charge in [0.25, 0.3) is 5.91 Å². The third kappa shape index (κ3) is 4.33. The Morgan fingerprint density at radius 1 is 1.12 bits per heavy atom. The fraction of sp³-hybridized carbons (Fsp3) is 0.389. The molecular formula is C18H22N4OS. The van der Waals surface area contributed by atoms with E-state index < -0.39 is 0 Å². The summed E-state index contributed by atoms with van der Waals surface area (Å²) in [5.74, 6) is -0.0192. The van der Waals surface area contributed by atoms with E-state index >= 15 is 0 Å². The Hall–Kier alpha value is -1.92. The van der Waals surface area contributed by atoms with Crippen LogP contribution >= 0.6 is 11.8 Å². The molecule has 2 heterocycles. The second kappa shape index (κ2) is 8.26. The van der Waals surface area contributed by atoms with Gasteiger partial charge < -0.3 is 4.90 Å². The molecule has 1 aliphatic heterocycles. The van der Waals surface area contributed by atoms with Gasteiger partial charge in [0.05, 0.1) is 6.20 Å². The molecule has 0 unspecified atom stereocenters. The summed E-state index contributed by atoms with van der Waals surface area (Å²) >= 11 is 1.76. The van der Waals surface area contributed by atoms with E-state index in [-0.39, 0.29) is 5.91 Å². The maximum absolute atomic E-state index is 12.5. The summed E-state index contributed by atoms with van der Waals surface area (Å²) in [7, 11) is 0. The van der Waals surface area contributed by atoms with Gasteiger partial charge >= 0.3 is 0 Å². The molecule has 0 spiro atoms. The predicted molar refractivity (Wildman–Crippen MR) is 96.1 cm³/mol. The van der Waals surface area contributed by atoms with Crippen LogP contribution in [-0.2, 0) is 6.54 Å². The smallest absolute Gasteiger partial charge is 0.274 e. The van der Waals surface area contributed by atoms with Crippen molar-refractivity contribution in [1.29, 1.82) is 0 Å². The van der Waals surface area contributed by atoms with Crippen LogP contribution in [0.4, 0.5) is 0 Å². The van der Waals surface area contributed by atoms with Crippen LogP contribution < -0.4 is 0 Å². The molecule has 1 saturated heterocycles. The average Bonchev–Trinajstić information content (AvgIpc) is 2.88. The molecular weight excluding hydrogens is 320 g/mol. The van der Waals surface area contributed by atoms with E-state index in [0.717, 1.165) is 39.1 Å². The van der Waals surface area contributed by atoms with Crippen LogP contribution in [0, 0.1) is 0 Å². The summed E-state index contributed by atoms with van der Waals surface area (Å²) in [6, 6.07) is 8.72. The number of carbonyl (C=O) groups excluding carboxylic acids is 1. The topological polar surface area (TPSA) is 49.3 Å². The number of hydrogen-bond donors (Lipinski definition) is 0. The zero-order valence-electron chi connectivity index (χ0n) is 13.9. The molecule has 5 nitrogen and oxygen atoms in total. The molecule has 1 fully saturated rings. The van der Waals surface area contributed by atoms with Crippen LogP contribution in [0.3, 0.4) is 0 Å². The highest BCUT2D eigenvalue weighted by Gasteiger charge is 2.21. The molecule has 1 aliphatic rings. The minimum absolute atomic E-state index is 0.0192.